The van der Waals surface area contributed by atoms with Gasteiger partial charge in [0.15, 0.2) is 5.69 Å². The molecular formula is C13H11F2N3O2. The van der Waals surface area contributed by atoms with Crippen molar-refractivity contribution in [3.63, 3.8) is 0 Å². The number of benzene rings is 1. The minimum absolute atomic E-state index is 0.0656. The highest BCUT2D eigenvalue weighted by Crippen LogP contribution is 2.18. The normalized spacial score (nSPS) is 10.3. The van der Waals surface area contributed by atoms with Crippen molar-refractivity contribution < 1.29 is 18.7 Å². The molecule has 0 amide bonds. The molecule has 0 bridgehead atoms. The number of nitrogens with two attached hydrogens (primary N) is 1. The molecule has 0 atom stereocenters. The van der Waals surface area contributed by atoms with Crippen LogP contribution in [0.3, 0.4) is 0 Å². The first-order chi connectivity index (χ1) is 9.47. The zero-order valence-corrected chi connectivity index (χ0v) is 10.2. The van der Waals surface area contributed by atoms with E-state index in [4.69, 9.17) is 10.8 Å². The molecule has 0 aliphatic rings. The second kappa shape index (κ2) is 5.52. The fourth-order valence-electron chi connectivity index (χ4n) is 1.59. The quantitative estimate of drug-likeness (QED) is 0.799. The summed E-state index contributed by atoms with van der Waals surface area (Å²) in [6.07, 6.45) is 0. The number of halogens is 2. The van der Waals surface area contributed by atoms with E-state index in [0.29, 0.717) is 0 Å². The van der Waals surface area contributed by atoms with Crippen molar-refractivity contribution in [1.29, 1.82) is 0 Å². The second-order valence-electron chi connectivity index (χ2n) is 4.03. The number of nitrogens with one attached hydrogen (secondary N) is 1. The zero-order valence-electron chi connectivity index (χ0n) is 10.2. The number of carboxylic acids is 1. The minimum Gasteiger partial charge on any atom is -0.477 e. The van der Waals surface area contributed by atoms with Gasteiger partial charge in [-0.15, -0.1) is 0 Å². The van der Waals surface area contributed by atoms with Gasteiger partial charge in [0, 0.05) is 12.1 Å². The third-order valence-corrected chi connectivity index (χ3v) is 2.60. The number of carbonyl (C=O) groups is 1. The molecular weight excluding hydrogens is 268 g/mol. The third-order valence-electron chi connectivity index (χ3n) is 2.60. The van der Waals surface area contributed by atoms with Crippen molar-refractivity contribution in [2.24, 2.45) is 0 Å². The number of hydrogen-bond acceptors (Lipinski definition) is 4. The van der Waals surface area contributed by atoms with E-state index < -0.39 is 17.6 Å². The lowest BCUT2D eigenvalue weighted by Gasteiger charge is -2.09. The lowest BCUT2D eigenvalue weighted by Crippen LogP contribution is -2.09. The van der Waals surface area contributed by atoms with Crippen LogP contribution in [-0.2, 0) is 6.54 Å². The Balaban J connectivity index is 2.20. The number of nitrogens with zero attached hydrogens (tertiary/aromatic N) is 1. The van der Waals surface area contributed by atoms with Crippen molar-refractivity contribution in [3.8, 4) is 0 Å². The lowest BCUT2D eigenvalue weighted by atomic mass is 10.2. The Morgan fingerprint density at radius 1 is 1.30 bits per heavy atom. The minimum atomic E-state index is -1.20. The molecule has 1 heterocycles. The molecule has 104 valence electrons. The number of aromatic nitrogens is 1. The van der Waals surface area contributed by atoms with Gasteiger partial charge in [-0.05, 0) is 30.3 Å². The number of rotatable bonds is 4. The first-order valence-electron chi connectivity index (χ1n) is 5.65. The number of aromatic carboxylic acids is 1. The van der Waals surface area contributed by atoms with E-state index in [2.05, 4.69) is 10.3 Å². The maximum atomic E-state index is 13.4. The number of anilines is 2. The molecule has 0 saturated heterocycles. The van der Waals surface area contributed by atoms with Gasteiger partial charge in [-0.2, -0.15) is 0 Å². The molecule has 4 N–H and O–H groups in total. The van der Waals surface area contributed by atoms with Gasteiger partial charge in [0.05, 0.1) is 5.69 Å². The van der Waals surface area contributed by atoms with Gasteiger partial charge in [0.1, 0.15) is 17.5 Å². The summed E-state index contributed by atoms with van der Waals surface area (Å²) in [7, 11) is 0. The van der Waals surface area contributed by atoms with Crippen LogP contribution < -0.4 is 11.1 Å². The Bertz CT molecular complexity index is 662. The van der Waals surface area contributed by atoms with Gasteiger partial charge in [0.2, 0.25) is 0 Å². The molecule has 2 rings (SSSR count). The van der Waals surface area contributed by atoms with E-state index in [1.165, 1.54) is 12.1 Å². The van der Waals surface area contributed by atoms with Gasteiger partial charge in [-0.3, -0.25) is 0 Å². The molecule has 0 spiro atoms. The van der Waals surface area contributed by atoms with Crippen LogP contribution in [-0.4, -0.2) is 16.1 Å². The second-order valence-corrected chi connectivity index (χ2v) is 4.03. The van der Waals surface area contributed by atoms with Crippen LogP contribution in [0.15, 0.2) is 30.3 Å². The third kappa shape index (κ3) is 3.00. The van der Waals surface area contributed by atoms with E-state index in [9.17, 15) is 13.6 Å². The van der Waals surface area contributed by atoms with Crippen LogP contribution in [0.25, 0.3) is 0 Å². The van der Waals surface area contributed by atoms with Crippen LogP contribution in [0.2, 0.25) is 0 Å². The predicted octanol–water partition coefficient (Wildman–Crippen LogP) is 2.25. The summed E-state index contributed by atoms with van der Waals surface area (Å²) in [5.41, 5.74) is 5.75. The van der Waals surface area contributed by atoms with Crippen LogP contribution in [0.1, 0.15) is 16.1 Å². The summed E-state index contributed by atoms with van der Waals surface area (Å²) in [4.78, 5) is 14.6. The highest BCUT2D eigenvalue weighted by atomic mass is 19.1. The number of nitrogen functional groups attached to an aromatic ring is 1. The molecule has 0 aliphatic heterocycles. The molecule has 0 fully saturated rings. The SMILES string of the molecule is Nc1ccc(C(=O)O)nc1NCc1cc(F)ccc1F. The lowest BCUT2D eigenvalue weighted by molar-refractivity contribution is 0.0690. The Morgan fingerprint density at radius 2 is 2.05 bits per heavy atom. The Kier molecular flexibility index (Phi) is 3.79. The maximum absolute atomic E-state index is 13.4. The summed E-state index contributed by atoms with van der Waals surface area (Å²) in [5, 5.41) is 11.5. The molecule has 0 saturated carbocycles. The highest BCUT2D eigenvalue weighted by Gasteiger charge is 2.10. The molecule has 0 radical (unpaired) electrons. The summed E-state index contributed by atoms with van der Waals surface area (Å²) in [5.74, 6) is -2.24. The van der Waals surface area contributed by atoms with Crippen molar-refractivity contribution in [2.75, 3.05) is 11.1 Å². The van der Waals surface area contributed by atoms with Crippen LogP contribution in [0.4, 0.5) is 20.3 Å². The monoisotopic (exact) mass is 279 g/mol. The average Bonchev–Trinajstić information content (AvgIpc) is 2.41. The number of hydrogen-bond donors (Lipinski definition) is 3. The standard InChI is InChI=1S/C13H11F2N3O2/c14-8-1-2-9(15)7(5-8)6-17-12-10(16)3-4-11(18-12)13(19)20/h1-5H,6,16H2,(H,17,18)(H,19,20). The average molecular weight is 279 g/mol. The van der Waals surface area contributed by atoms with Gasteiger partial charge in [-0.1, -0.05) is 0 Å². The first kappa shape index (κ1) is 13.7. The van der Waals surface area contributed by atoms with Gasteiger partial charge < -0.3 is 16.2 Å². The first-order valence-corrected chi connectivity index (χ1v) is 5.65. The van der Waals surface area contributed by atoms with Crippen molar-refractivity contribution >= 4 is 17.5 Å². The van der Waals surface area contributed by atoms with Gasteiger partial charge >= 0.3 is 5.97 Å². The van der Waals surface area contributed by atoms with Crippen molar-refractivity contribution in [3.05, 3.63) is 53.2 Å². The van der Waals surface area contributed by atoms with E-state index in [1.807, 2.05) is 0 Å². The Hall–Kier alpha value is -2.70. The highest BCUT2D eigenvalue weighted by molar-refractivity contribution is 5.86. The largest absolute Gasteiger partial charge is 0.477 e. The molecule has 1 aromatic carbocycles. The Labute approximate surface area is 113 Å². The maximum Gasteiger partial charge on any atom is 0.354 e. The molecule has 5 nitrogen and oxygen atoms in total. The summed E-state index contributed by atoms with van der Waals surface area (Å²) in [6.45, 7) is -0.0656. The van der Waals surface area contributed by atoms with Crippen molar-refractivity contribution in [1.82, 2.24) is 4.98 Å². The van der Waals surface area contributed by atoms with E-state index >= 15 is 0 Å². The van der Waals surface area contributed by atoms with Crippen LogP contribution in [0.5, 0.6) is 0 Å². The summed E-state index contributed by atoms with van der Waals surface area (Å²) >= 11 is 0. The summed E-state index contributed by atoms with van der Waals surface area (Å²) in [6, 6.07) is 5.69. The van der Waals surface area contributed by atoms with E-state index in [-0.39, 0.29) is 29.3 Å². The predicted molar refractivity (Wildman–Crippen MR) is 69.3 cm³/mol. The molecule has 2 aromatic rings. The van der Waals surface area contributed by atoms with Gasteiger partial charge in [0.25, 0.3) is 0 Å². The molecule has 1 aromatic heterocycles. The number of pyridine rings is 1. The van der Waals surface area contributed by atoms with Crippen molar-refractivity contribution in [2.45, 2.75) is 6.54 Å². The zero-order chi connectivity index (χ0) is 14.7. The van der Waals surface area contributed by atoms with E-state index in [0.717, 1.165) is 18.2 Å². The topological polar surface area (TPSA) is 88.2 Å². The molecule has 0 aliphatic carbocycles. The number of carboxylic acid groups (broad SMARTS) is 1. The van der Waals surface area contributed by atoms with E-state index in [1.54, 1.807) is 0 Å². The molecule has 7 heteroatoms. The van der Waals surface area contributed by atoms with Crippen LogP contribution in [0, 0.1) is 11.6 Å². The molecule has 0 unspecified atom stereocenters. The smallest absolute Gasteiger partial charge is 0.354 e. The molecule has 20 heavy (non-hydrogen) atoms. The Morgan fingerprint density at radius 3 is 2.75 bits per heavy atom. The fourth-order valence-corrected chi connectivity index (χ4v) is 1.59. The van der Waals surface area contributed by atoms with Crippen LogP contribution >= 0.6 is 0 Å². The van der Waals surface area contributed by atoms with Gasteiger partial charge in [-0.25, -0.2) is 18.6 Å². The fraction of sp³-hybridized carbons (Fsp3) is 0.0769. The summed E-state index contributed by atoms with van der Waals surface area (Å²) < 4.78 is 26.4.